The predicted octanol–water partition coefficient (Wildman–Crippen LogP) is 4.18. The molecule has 1 aliphatic rings. The number of carbonyl (C=O) groups excluding carboxylic acids is 1. The van der Waals surface area contributed by atoms with Gasteiger partial charge in [0, 0.05) is 11.8 Å². The molecule has 0 saturated carbocycles. The summed E-state index contributed by atoms with van der Waals surface area (Å²) in [6, 6.07) is 11.0. The van der Waals surface area contributed by atoms with Crippen LogP contribution in [0.2, 0.25) is 5.15 Å². The van der Waals surface area contributed by atoms with Crippen LogP contribution >= 0.6 is 11.6 Å². The van der Waals surface area contributed by atoms with Gasteiger partial charge in [0.1, 0.15) is 11.4 Å². The number of Topliss-reactive ketones (excluding diaryl/α,β-unsaturated/α-hetero) is 1. The zero-order valence-electron chi connectivity index (χ0n) is 15.9. The topological polar surface area (TPSA) is 86.5 Å². The van der Waals surface area contributed by atoms with Crippen LogP contribution in [0, 0.1) is 0 Å². The molecule has 8 heteroatoms. The number of ketones is 1. The highest BCUT2D eigenvalue weighted by molar-refractivity contribution is 6.29. The number of benzene rings is 1. The van der Waals surface area contributed by atoms with Crippen LogP contribution < -0.4 is 0 Å². The van der Waals surface area contributed by atoms with Crippen LogP contribution in [-0.4, -0.2) is 35.7 Å². The summed E-state index contributed by atoms with van der Waals surface area (Å²) in [4.78, 5) is 22.2. The van der Waals surface area contributed by atoms with E-state index in [1.54, 1.807) is 23.0 Å². The first-order chi connectivity index (χ1) is 13.9. The van der Waals surface area contributed by atoms with Crippen LogP contribution in [0.5, 0.6) is 0 Å². The molecule has 0 saturated heterocycles. The van der Waals surface area contributed by atoms with Crippen LogP contribution in [0.1, 0.15) is 42.7 Å². The molecular formula is C21H17ClN6O. The van der Waals surface area contributed by atoms with E-state index in [4.69, 9.17) is 21.7 Å². The molecule has 3 heterocycles. The van der Waals surface area contributed by atoms with Gasteiger partial charge in [0.2, 0.25) is 0 Å². The Morgan fingerprint density at radius 2 is 1.86 bits per heavy atom. The van der Waals surface area contributed by atoms with Gasteiger partial charge in [-0.2, -0.15) is 5.10 Å². The second-order valence-corrected chi connectivity index (χ2v) is 8.14. The zero-order chi connectivity index (χ0) is 20.2. The van der Waals surface area contributed by atoms with Gasteiger partial charge in [0.15, 0.2) is 16.8 Å². The summed E-state index contributed by atoms with van der Waals surface area (Å²) < 4.78 is 1.70. The van der Waals surface area contributed by atoms with E-state index in [0.717, 1.165) is 23.1 Å². The Labute approximate surface area is 171 Å². The fraction of sp³-hybridized carbons (Fsp3) is 0.238. The molecule has 29 heavy (non-hydrogen) atoms. The van der Waals surface area contributed by atoms with Crippen LogP contribution in [-0.2, 0) is 5.41 Å². The van der Waals surface area contributed by atoms with E-state index in [2.05, 4.69) is 29.0 Å². The third-order valence-electron chi connectivity index (χ3n) is 5.31. The number of carbonyl (C=O) groups is 1. The standard InChI is InChI=1S/C21H17ClN6O/c1-21(2)10-9-15(29)18-19(14-11-23-12-5-3-4-6-13(12)24-14)27-28(20(18)21)17-8-7-16(22)25-26-17/h3-8,11H,9-10H2,1-2H3. The van der Waals surface area contributed by atoms with Gasteiger partial charge in [-0.05, 0) is 30.7 Å². The summed E-state index contributed by atoms with van der Waals surface area (Å²) in [6.45, 7) is 4.21. The van der Waals surface area contributed by atoms with Gasteiger partial charge in [0.05, 0.1) is 28.5 Å². The van der Waals surface area contributed by atoms with Crippen LogP contribution in [0.3, 0.4) is 0 Å². The third kappa shape index (κ3) is 2.89. The number of nitrogens with zero attached hydrogens (tertiary/aromatic N) is 6. The number of fused-ring (bicyclic) bond motifs is 2. The van der Waals surface area contributed by atoms with Crippen molar-refractivity contribution in [1.29, 1.82) is 0 Å². The molecule has 144 valence electrons. The lowest BCUT2D eigenvalue weighted by Crippen LogP contribution is -2.30. The lowest BCUT2D eigenvalue weighted by Gasteiger charge is -2.30. The van der Waals surface area contributed by atoms with E-state index in [1.165, 1.54) is 0 Å². The molecular weight excluding hydrogens is 388 g/mol. The second kappa shape index (κ2) is 6.42. The maximum Gasteiger partial charge on any atom is 0.176 e. The Morgan fingerprint density at radius 3 is 2.62 bits per heavy atom. The van der Waals surface area contributed by atoms with Crippen molar-refractivity contribution < 1.29 is 4.79 Å². The van der Waals surface area contributed by atoms with E-state index in [-0.39, 0.29) is 11.2 Å². The predicted molar refractivity (Wildman–Crippen MR) is 109 cm³/mol. The largest absolute Gasteiger partial charge is 0.294 e. The maximum atomic E-state index is 13.0. The molecule has 3 aromatic heterocycles. The zero-order valence-corrected chi connectivity index (χ0v) is 16.7. The van der Waals surface area contributed by atoms with Gasteiger partial charge in [-0.25, -0.2) is 9.67 Å². The summed E-state index contributed by atoms with van der Waals surface area (Å²) in [6.07, 6.45) is 2.86. The Balaban J connectivity index is 1.79. The van der Waals surface area contributed by atoms with E-state index in [9.17, 15) is 4.79 Å². The SMILES string of the molecule is CC1(C)CCC(=O)c2c(-c3cnc4ccccc4n3)nn(-c3ccc(Cl)nn3)c21. The molecule has 0 atom stereocenters. The molecule has 7 nitrogen and oxygen atoms in total. The van der Waals surface area contributed by atoms with Crippen LogP contribution in [0.25, 0.3) is 28.2 Å². The minimum Gasteiger partial charge on any atom is -0.294 e. The molecule has 0 fully saturated rings. The molecule has 1 aromatic carbocycles. The highest BCUT2D eigenvalue weighted by Gasteiger charge is 2.39. The molecule has 0 N–H and O–H groups in total. The third-order valence-corrected chi connectivity index (χ3v) is 5.51. The average molecular weight is 405 g/mol. The van der Waals surface area contributed by atoms with Crippen molar-refractivity contribution in [2.24, 2.45) is 0 Å². The molecule has 0 aliphatic heterocycles. The maximum absolute atomic E-state index is 13.0. The number of para-hydroxylation sites is 2. The van der Waals surface area contributed by atoms with Crippen molar-refractivity contribution in [3.8, 4) is 17.2 Å². The molecule has 0 bridgehead atoms. The van der Waals surface area contributed by atoms with Crippen LogP contribution in [0.4, 0.5) is 0 Å². The van der Waals surface area contributed by atoms with Crippen molar-refractivity contribution in [3.05, 3.63) is 59.0 Å². The fourth-order valence-corrected chi connectivity index (χ4v) is 3.92. The van der Waals surface area contributed by atoms with Gasteiger partial charge < -0.3 is 0 Å². The molecule has 0 spiro atoms. The van der Waals surface area contributed by atoms with E-state index >= 15 is 0 Å². The van der Waals surface area contributed by atoms with Gasteiger partial charge >= 0.3 is 0 Å². The van der Waals surface area contributed by atoms with E-state index < -0.39 is 0 Å². The molecule has 5 rings (SSSR count). The molecule has 0 unspecified atom stereocenters. The number of aromatic nitrogens is 6. The van der Waals surface area contributed by atoms with Gasteiger partial charge in [-0.1, -0.05) is 37.6 Å². The minimum atomic E-state index is -0.264. The van der Waals surface area contributed by atoms with Gasteiger partial charge in [-0.15, -0.1) is 10.2 Å². The average Bonchev–Trinajstić information content (AvgIpc) is 3.14. The Morgan fingerprint density at radius 1 is 1.07 bits per heavy atom. The summed E-state index contributed by atoms with van der Waals surface area (Å²) in [5.41, 5.74) is 3.76. The molecule has 0 amide bonds. The summed E-state index contributed by atoms with van der Waals surface area (Å²) in [5.74, 6) is 0.561. The molecule has 4 aromatic rings. The lowest BCUT2D eigenvalue weighted by molar-refractivity contribution is 0.0956. The second-order valence-electron chi connectivity index (χ2n) is 7.75. The molecule has 0 radical (unpaired) electrons. The van der Waals surface area contributed by atoms with E-state index in [0.29, 0.717) is 34.3 Å². The van der Waals surface area contributed by atoms with Crippen molar-refractivity contribution in [2.75, 3.05) is 0 Å². The fourth-order valence-electron chi connectivity index (χ4n) is 3.81. The highest BCUT2D eigenvalue weighted by atomic mass is 35.5. The normalized spacial score (nSPS) is 15.5. The Hall–Kier alpha value is -3.19. The number of halogens is 1. The quantitative estimate of drug-likeness (QED) is 0.498. The number of hydrogen-bond donors (Lipinski definition) is 0. The molecule has 1 aliphatic carbocycles. The van der Waals surface area contributed by atoms with Crippen molar-refractivity contribution in [3.63, 3.8) is 0 Å². The summed E-state index contributed by atoms with van der Waals surface area (Å²) >= 11 is 5.90. The smallest absolute Gasteiger partial charge is 0.176 e. The number of rotatable bonds is 2. The first-order valence-corrected chi connectivity index (χ1v) is 9.70. The van der Waals surface area contributed by atoms with Gasteiger partial charge in [0.25, 0.3) is 0 Å². The minimum absolute atomic E-state index is 0.0532. The van der Waals surface area contributed by atoms with Crippen LogP contribution in [0.15, 0.2) is 42.6 Å². The first kappa shape index (κ1) is 17.9. The highest BCUT2D eigenvalue weighted by Crippen LogP contribution is 2.41. The van der Waals surface area contributed by atoms with E-state index in [1.807, 2.05) is 24.3 Å². The van der Waals surface area contributed by atoms with Crippen molar-refractivity contribution >= 4 is 28.4 Å². The summed E-state index contributed by atoms with van der Waals surface area (Å²) in [7, 11) is 0. The lowest BCUT2D eigenvalue weighted by atomic mass is 9.75. The number of hydrogen-bond acceptors (Lipinski definition) is 6. The summed E-state index contributed by atoms with van der Waals surface area (Å²) in [5, 5.41) is 13.2. The monoisotopic (exact) mass is 404 g/mol. The van der Waals surface area contributed by atoms with Crippen molar-refractivity contribution in [2.45, 2.75) is 32.1 Å². The Bertz CT molecular complexity index is 1260. The first-order valence-electron chi connectivity index (χ1n) is 9.32. The van der Waals surface area contributed by atoms with Gasteiger partial charge in [-0.3, -0.25) is 9.78 Å². The van der Waals surface area contributed by atoms with Crippen molar-refractivity contribution in [1.82, 2.24) is 29.9 Å². The Kier molecular flexibility index (Phi) is 3.96.